The van der Waals surface area contributed by atoms with Crippen LogP contribution in [0.15, 0.2) is 34.9 Å². The largest absolute Gasteiger partial charge is 0.497 e. The summed E-state index contributed by atoms with van der Waals surface area (Å²) in [5, 5.41) is 10.9. The molecule has 2 N–H and O–H groups in total. The van der Waals surface area contributed by atoms with Gasteiger partial charge in [-0.05, 0) is 55.5 Å². The zero-order chi connectivity index (χ0) is 22.2. The molecule has 0 radical (unpaired) electrons. The summed E-state index contributed by atoms with van der Waals surface area (Å²) in [6, 6.07) is 9.85. The van der Waals surface area contributed by atoms with E-state index in [1.165, 1.54) is 0 Å². The van der Waals surface area contributed by atoms with Gasteiger partial charge in [-0.25, -0.2) is 0 Å². The highest BCUT2D eigenvalue weighted by Crippen LogP contribution is 2.26. The van der Waals surface area contributed by atoms with E-state index in [1.54, 1.807) is 7.11 Å². The molecule has 0 bridgehead atoms. The van der Waals surface area contributed by atoms with Crippen LogP contribution >= 0.6 is 0 Å². The van der Waals surface area contributed by atoms with Crippen molar-refractivity contribution < 1.29 is 18.8 Å². The molecule has 1 aromatic carbocycles. The fourth-order valence-corrected chi connectivity index (χ4v) is 4.51. The Hall–Kier alpha value is -2.42. The maximum absolute atomic E-state index is 12.6. The zero-order valence-electron chi connectivity index (χ0n) is 18.8. The maximum atomic E-state index is 12.6. The Kier molecular flexibility index (Phi) is 8.14. The van der Waals surface area contributed by atoms with Crippen molar-refractivity contribution in [2.24, 2.45) is 11.8 Å². The van der Waals surface area contributed by atoms with Crippen LogP contribution in [0, 0.1) is 11.8 Å². The normalized spacial score (nSPS) is 21.9. The molecule has 0 spiro atoms. The summed E-state index contributed by atoms with van der Waals surface area (Å²) in [5.74, 6) is 2.53. The third kappa shape index (κ3) is 6.54. The molecule has 2 atom stereocenters. The Balaban J connectivity index is 1.26. The highest BCUT2D eigenvalue weighted by atomic mass is 16.5. The number of carbonyl (C=O) groups is 1. The van der Waals surface area contributed by atoms with E-state index in [1.807, 2.05) is 24.3 Å². The third-order valence-electron chi connectivity index (χ3n) is 6.42. The minimum atomic E-state index is 0.103. The lowest BCUT2D eigenvalue weighted by Gasteiger charge is -2.31. The number of nitrogens with zero attached hydrogens (tertiary/aromatic N) is 2. The fraction of sp³-hybridized carbons (Fsp3) is 0.583. The first-order chi connectivity index (χ1) is 15.7. The lowest BCUT2D eigenvalue weighted by molar-refractivity contribution is -0.122. The number of aromatic nitrogens is 1. The van der Waals surface area contributed by atoms with Crippen LogP contribution in [-0.2, 0) is 29.0 Å². The Morgan fingerprint density at radius 1 is 1.25 bits per heavy atom. The predicted molar refractivity (Wildman–Crippen MR) is 120 cm³/mol. The molecule has 1 aromatic heterocycles. The van der Waals surface area contributed by atoms with Crippen LogP contribution < -0.4 is 15.4 Å². The summed E-state index contributed by atoms with van der Waals surface area (Å²) in [6.07, 6.45) is 2.37. The van der Waals surface area contributed by atoms with Gasteiger partial charge in [0.1, 0.15) is 5.75 Å². The summed E-state index contributed by atoms with van der Waals surface area (Å²) < 4.78 is 16.2. The van der Waals surface area contributed by atoms with Crippen molar-refractivity contribution in [3.8, 4) is 5.75 Å². The smallest absolute Gasteiger partial charge is 0.220 e. The number of amides is 1. The molecule has 32 heavy (non-hydrogen) atoms. The Morgan fingerprint density at radius 3 is 2.84 bits per heavy atom. The van der Waals surface area contributed by atoms with E-state index in [2.05, 4.69) is 26.8 Å². The van der Waals surface area contributed by atoms with Gasteiger partial charge in [-0.3, -0.25) is 9.69 Å². The van der Waals surface area contributed by atoms with Crippen molar-refractivity contribution in [3.63, 3.8) is 0 Å². The van der Waals surface area contributed by atoms with Crippen LogP contribution in [-0.4, -0.2) is 62.5 Å². The van der Waals surface area contributed by atoms with Crippen LogP contribution in [0.25, 0.3) is 0 Å². The van der Waals surface area contributed by atoms with Gasteiger partial charge >= 0.3 is 0 Å². The molecule has 0 saturated carbocycles. The fourth-order valence-electron chi connectivity index (χ4n) is 4.51. The first-order valence-electron chi connectivity index (χ1n) is 11.5. The lowest BCUT2D eigenvalue weighted by Crippen LogP contribution is -2.40. The van der Waals surface area contributed by atoms with E-state index in [0.717, 1.165) is 81.5 Å². The van der Waals surface area contributed by atoms with Crippen molar-refractivity contribution in [2.75, 3.05) is 46.5 Å². The average Bonchev–Trinajstić information content (AvgIpc) is 3.26. The molecule has 0 unspecified atom stereocenters. The van der Waals surface area contributed by atoms with Crippen LogP contribution in [0.1, 0.15) is 29.9 Å². The van der Waals surface area contributed by atoms with E-state index >= 15 is 0 Å². The topological polar surface area (TPSA) is 88.9 Å². The minimum Gasteiger partial charge on any atom is -0.497 e. The number of nitrogens with one attached hydrogen (secondary N) is 2. The number of ether oxygens (including phenoxy) is 2. The number of piperidine rings is 1. The van der Waals surface area contributed by atoms with Gasteiger partial charge in [0.25, 0.3) is 0 Å². The van der Waals surface area contributed by atoms with Crippen molar-refractivity contribution in [3.05, 3.63) is 47.3 Å². The molecule has 8 nitrogen and oxygen atoms in total. The molecule has 4 rings (SSSR count). The highest BCUT2D eigenvalue weighted by molar-refractivity contribution is 5.76. The summed E-state index contributed by atoms with van der Waals surface area (Å²) >= 11 is 0. The number of hydrogen-bond acceptors (Lipinski definition) is 7. The minimum absolute atomic E-state index is 0.103. The Morgan fingerprint density at radius 2 is 2.06 bits per heavy atom. The number of rotatable bonds is 9. The molecular formula is C24H34N4O4. The van der Waals surface area contributed by atoms with Gasteiger partial charge in [0.15, 0.2) is 5.76 Å². The maximum Gasteiger partial charge on any atom is 0.220 e. The SMILES string of the molecule is COc1ccc(CNC(=O)C[C@@H]2CCNC[C@@H]2Cc2cc(CN3CCOCC3)on2)cc1. The molecule has 2 saturated heterocycles. The quantitative estimate of drug-likeness (QED) is 0.614. The second kappa shape index (κ2) is 11.4. The van der Waals surface area contributed by atoms with Crippen LogP contribution in [0.3, 0.4) is 0 Å². The molecule has 174 valence electrons. The predicted octanol–water partition coefficient (Wildman–Crippen LogP) is 1.99. The van der Waals surface area contributed by atoms with Gasteiger partial charge in [0, 0.05) is 32.1 Å². The van der Waals surface area contributed by atoms with Gasteiger partial charge in [0.2, 0.25) is 5.91 Å². The number of carbonyl (C=O) groups excluding carboxylic acids is 1. The van der Waals surface area contributed by atoms with E-state index in [9.17, 15) is 4.79 Å². The van der Waals surface area contributed by atoms with E-state index < -0.39 is 0 Å². The van der Waals surface area contributed by atoms with Gasteiger partial charge < -0.3 is 24.6 Å². The second-order valence-electron chi connectivity index (χ2n) is 8.72. The molecule has 0 aliphatic carbocycles. The zero-order valence-corrected chi connectivity index (χ0v) is 18.8. The summed E-state index contributed by atoms with van der Waals surface area (Å²) in [7, 11) is 1.65. The summed E-state index contributed by atoms with van der Waals surface area (Å²) in [4.78, 5) is 15.0. The molecule has 8 heteroatoms. The summed E-state index contributed by atoms with van der Waals surface area (Å²) in [6.45, 7) is 6.57. The van der Waals surface area contributed by atoms with Crippen LogP contribution in [0.5, 0.6) is 5.75 Å². The van der Waals surface area contributed by atoms with Crippen molar-refractivity contribution in [2.45, 2.75) is 32.4 Å². The summed E-state index contributed by atoms with van der Waals surface area (Å²) in [5.41, 5.74) is 2.04. The molecule has 2 aliphatic heterocycles. The number of morpholine rings is 1. The lowest BCUT2D eigenvalue weighted by atomic mass is 9.81. The number of benzene rings is 1. The van der Waals surface area contributed by atoms with Crippen LogP contribution in [0.2, 0.25) is 0 Å². The van der Waals surface area contributed by atoms with Crippen molar-refractivity contribution in [1.82, 2.24) is 20.7 Å². The first kappa shape index (κ1) is 22.8. The molecule has 2 fully saturated rings. The molecular weight excluding hydrogens is 408 g/mol. The Bertz CT molecular complexity index is 848. The van der Waals surface area contributed by atoms with Gasteiger partial charge in [-0.1, -0.05) is 17.3 Å². The average molecular weight is 443 g/mol. The molecule has 1 amide bonds. The van der Waals surface area contributed by atoms with E-state index in [0.29, 0.717) is 24.8 Å². The first-order valence-corrected chi connectivity index (χ1v) is 11.5. The molecule has 2 aliphatic rings. The van der Waals surface area contributed by atoms with Gasteiger partial charge in [-0.2, -0.15) is 0 Å². The van der Waals surface area contributed by atoms with E-state index in [-0.39, 0.29) is 5.91 Å². The van der Waals surface area contributed by atoms with E-state index in [4.69, 9.17) is 14.0 Å². The van der Waals surface area contributed by atoms with Crippen LogP contribution in [0.4, 0.5) is 0 Å². The second-order valence-corrected chi connectivity index (χ2v) is 8.72. The van der Waals surface area contributed by atoms with Crippen molar-refractivity contribution in [1.29, 1.82) is 0 Å². The Labute approximate surface area is 189 Å². The van der Waals surface area contributed by atoms with Gasteiger partial charge in [0.05, 0.1) is 32.6 Å². The third-order valence-corrected chi connectivity index (χ3v) is 6.42. The highest BCUT2D eigenvalue weighted by Gasteiger charge is 2.28. The van der Waals surface area contributed by atoms with Gasteiger partial charge in [-0.15, -0.1) is 0 Å². The van der Waals surface area contributed by atoms with Crippen molar-refractivity contribution >= 4 is 5.91 Å². The standard InChI is InChI=1S/C24H34N4O4/c1-30-22-4-2-18(3-5-22)15-26-24(29)13-19-6-7-25-16-20(19)12-21-14-23(32-27-21)17-28-8-10-31-11-9-28/h2-5,14,19-20,25H,6-13,15-17H2,1H3,(H,26,29)/t19-,20-/m0/s1. The molecule has 3 heterocycles. The number of methoxy groups -OCH3 is 1. The molecule has 2 aromatic rings. The number of hydrogen-bond donors (Lipinski definition) is 2. The monoisotopic (exact) mass is 442 g/mol.